The fourth-order valence-electron chi connectivity index (χ4n) is 2.39. The summed E-state index contributed by atoms with van der Waals surface area (Å²) in [6, 6.07) is 5.28. The molecule has 140 valence electrons. The molecule has 1 N–H and O–H groups in total. The van der Waals surface area contributed by atoms with E-state index in [1.54, 1.807) is 17.9 Å². The molecule has 0 radical (unpaired) electrons. The van der Waals surface area contributed by atoms with E-state index >= 15 is 0 Å². The number of nitrogens with zero attached hydrogens (tertiary/aromatic N) is 4. The van der Waals surface area contributed by atoms with E-state index in [0.29, 0.717) is 28.2 Å². The number of benzene rings is 1. The van der Waals surface area contributed by atoms with Crippen LogP contribution in [0.4, 0.5) is 13.2 Å². The first-order valence-electron chi connectivity index (χ1n) is 7.71. The van der Waals surface area contributed by atoms with E-state index in [-0.39, 0.29) is 18.2 Å². The van der Waals surface area contributed by atoms with Crippen LogP contribution in [0.3, 0.4) is 0 Å². The molecular formula is C17H14F3N5O2. The topological polar surface area (TPSA) is 81.9 Å². The Hall–Kier alpha value is -3.43. The zero-order valence-corrected chi connectivity index (χ0v) is 14.1. The van der Waals surface area contributed by atoms with Crippen LogP contribution in [0.25, 0.3) is 22.4 Å². The highest BCUT2D eigenvalue weighted by Crippen LogP contribution is 2.28. The van der Waals surface area contributed by atoms with E-state index in [1.807, 2.05) is 0 Å². The lowest BCUT2D eigenvalue weighted by Gasteiger charge is -2.10. The number of imidazole rings is 1. The highest BCUT2D eigenvalue weighted by molar-refractivity contribution is 5.88. The fourth-order valence-corrected chi connectivity index (χ4v) is 2.39. The molecule has 10 heteroatoms. The van der Waals surface area contributed by atoms with E-state index in [2.05, 4.69) is 31.6 Å². The molecule has 0 aliphatic rings. The number of aryl methyl sites for hydroxylation is 1. The van der Waals surface area contributed by atoms with Crippen LogP contribution in [0, 0.1) is 0 Å². The van der Waals surface area contributed by atoms with Crippen LogP contribution in [0.2, 0.25) is 0 Å². The molecule has 0 saturated carbocycles. The lowest BCUT2D eigenvalue weighted by molar-refractivity contribution is -0.274. The predicted octanol–water partition coefficient (Wildman–Crippen LogP) is 2.73. The van der Waals surface area contributed by atoms with Crippen LogP contribution in [-0.4, -0.2) is 31.8 Å². The number of halogens is 3. The van der Waals surface area contributed by atoms with Crippen molar-refractivity contribution in [3.8, 4) is 17.0 Å². The maximum Gasteiger partial charge on any atom is 0.573 e. The average Bonchev–Trinajstić information content (AvgIpc) is 2.99. The summed E-state index contributed by atoms with van der Waals surface area (Å²) in [6.07, 6.45) is -2.08. The normalized spacial score (nSPS) is 11.4. The number of hydrogen-bond acceptors (Lipinski definition) is 5. The standard InChI is InChI=1S/C17H14F3N5O2/c1-3-13(26)21-8-12-23-14(15-16(24-12)25(2)9-22-15)10-4-6-11(7-5-10)27-17(18,19)20/h3-7,9H,1,8H2,2H3,(H,21,26). The second-order valence-corrected chi connectivity index (χ2v) is 5.51. The van der Waals surface area contributed by atoms with Gasteiger partial charge in [-0.3, -0.25) is 4.79 Å². The van der Waals surface area contributed by atoms with Crippen LogP contribution < -0.4 is 10.1 Å². The van der Waals surface area contributed by atoms with Crippen LogP contribution in [-0.2, 0) is 18.4 Å². The molecule has 0 aliphatic carbocycles. The van der Waals surface area contributed by atoms with E-state index in [1.165, 1.54) is 24.3 Å². The van der Waals surface area contributed by atoms with Gasteiger partial charge >= 0.3 is 6.36 Å². The van der Waals surface area contributed by atoms with Crippen LogP contribution in [0.15, 0.2) is 43.2 Å². The van der Waals surface area contributed by atoms with Crippen LogP contribution in [0.1, 0.15) is 5.82 Å². The number of carbonyl (C=O) groups excluding carboxylic acids is 1. The Kier molecular flexibility index (Phi) is 4.80. The molecule has 2 aromatic heterocycles. The molecule has 0 aliphatic heterocycles. The molecular weight excluding hydrogens is 363 g/mol. The molecule has 1 aromatic carbocycles. The third kappa shape index (κ3) is 4.22. The highest BCUT2D eigenvalue weighted by Gasteiger charge is 2.31. The van der Waals surface area contributed by atoms with E-state index in [4.69, 9.17) is 0 Å². The summed E-state index contributed by atoms with van der Waals surface area (Å²) in [7, 11) is 1.75. The third-order valence-corrected chi connectivity index (χ3v) is 3.57. The summed E-state index contributed by atoms with van der Waals surface area (Å²) in [5.41, 5.74) is 1.98. The molecule has 0 unspecified atom stereocenters. The minimum Gasteiger partial charge on any atom is -0.406 e. The summed E-state index contributed by atoms with van der Waals surface area (Å²) in [5.74, 6) is -0.387. The number of rotatable bonds is 5. The SMILES string of the molecule is C=CC(=O)NCc1nc(-c2ccc(OC(F)(F)F)cc2)c2ncn(C)c2n1. The molecule has 0 spiro atoms. The Morgan fingerprint density at radius 3 is 2.63 bits per heavy atom. The summed E-state index contributed by atoms with van der Waals surface area (Å²) in [6.45, 7) is 3.43. The van der Waals surface area contributed by atoms with Crippen molar-refractivity contribution < 1.29 is 22.7 Å². The summed E-state index contributed by atoms with van der Waals surface area (Å²) < 4.78 is 42.5. The molecule has 1 amide bonds. The Labute approximate surface area is 151 Å². The van der Waals surface area contributed by atoms with Gasteiger partial charge in [-0.05, 0) is 30.3 Å². The quantitative estimate of drug-likeness (QED) is 0.692. The lowest BCUT2D eigenvalue weighted by atomic mass is 10.1. The zero-order chi connectivity index (χ0) is 19.6. The monoisotopic (exact) mass is 377 g/mol. The van der Waals surface area contributed by atoms with Crippen molar-refractivity contribution in [2.24, 2.45) is 7.05 Å². The minimum absolute atomic E-state index is 0.0637. The van der Waals surface area contributed by atoms with Gasteiger partial charge in [-0.1, -0.05) is 6.58 Å². The Bertz CT molecular complexity index is 996. The number of ether oxygens (including phenoxy) is 1. The fraction of sp³-hybridized carbons (Fsp3) is 0.176. The largest absolute Gasteiger partial charge is 0.573 e. The van der Waals surface area contributed by atoms with Gasteiger partial charge in [-0.15, -0.1) is 13.2 Å². The van der Waals surface area contributed by atoms with Crippen molar-refractivity contribution in [3.63, 3.8) is 0 Å². The molecule has 0 fully saturated rings. The van der Waals surface area contributed by atoms with Gasteiger partial charge < -0.3 is 14.6 Å². The van der Waals surface area contributed by atoms with Gasteiger partial charge in [-0.2, -0.15) is 0 Å². The Balaban J connectivity index is 1.99. The van der Waals surface area contributed by atoms with Gasteiger partial charge in [0.05, 0.1) is 12.9 Å². The van der Waals surface area contributed by atoms with Crippen molar-refractivity contribution in [1.82, 2.24) is 24.8 Å². The van der Waals surface area contributed by atoms with Crippen molar-refractivity contribution >= 4 is 17.1 Å². The molecule has 2 heterocycles. The van der Waals surface area contributed by atoms with Gasteiger partial charge in [0.15, 0.2) is 11.5 Å². The number of nitrogens with one attached hydrogen (secondary N) is 1. The number of fused-ring (bicyclic) bond motifs is 1. The van der Waals surface area contributed by atoms with Crippen molar-refractivity contribution in [2.75, 3.05) is 0 Å². The van der Waals surface area contributed by atoms with Crippen LogP contribution in [0.5, 0.6) is 5.75 Å². The predicted molar refractivity (Wildman–Crippen MR) is 90.5 cm³/mol. The zero-order valence-electron chi connectivity index (χ0n) is 14.1. The first-order chi connectivity index (χ1) is 12.8. The smallest absolute Gasteiger partial charge is 0.406 e. The number of hydrogen-bond donors (Lipinski definition) is 1. The second kappa shape index (κ2) is 7.06. The molecule has 27 heavy (non-hydrogen) atoms. The maximum absolute atomic E-state index is 12.3. The van der Waals surface area contributed by atoms with Crippen molar-refractivity contribution in [1.29, 1.82) is 0 Å². The molecule has 0 bridgehead atoms. The minimum atomic E-state index is -4.76. The number of aromatic nitrogens is 4. The average molecular weight is 377 g/mol. The van der Waals surface area contributed by atoms with E-state index < -0.39 is 6.36 Å². The lowest BCUT2D eigenvalue weighted by Crippen LogP contribution is -2.21. The summed E-state index contributed by atoms with van der Waals surface area (Å²) >= 11 is 0. The summed E-state index contributed by atoms with van der Waals surface area (Å²) in [5, 5.41) is 2.58. The van der Waals surface area contributed by atoms with Gasteiger partial charge in [0, 0.05) is 12.6 Å². The van der Waals surface area contributed by atoms with Gasteiger partial charge in [-0.25, -0.2) is 15.0 Å². The maximum atomic E-state index is 12.3. The van der Waals surface area contributed by atoms with Gasteiger partial charge in [0.1, 0.15) is 17.0 Å². The van der Waals surface area contributed by atoms with Gasteiger partial charge in [0.2, 0.25) is 5.91 Å². The van der Waals surface area contributed by atoms with E-state index in [9.17, 15) is 18.0 Å². The first-order valence-corrected chi connectivity index (χ1v) is 7.71. The third-order valence-electron chi connectivity index (χ3n) is 3.57. The molecule has 0 atom stereocenters. The molecule has 3 rings (SSSR count). The summed E-state index contributed by atoms with van der Waals surface area (Å²) in [4.78, 5) is 24.4. The van der Waals surface area contributed by atoms with Crippen LogP contribution >= 0.6 is 0 Å². The Morgan fingerprint density at radius 1 is 1.30 bits per heavy atom. The highest BCUT2D eigenvalue weighted by atomic mass is 19.4. The first kappa shape index (κ1) is 18.4. The molecule has 3 aromatic rings. The van der Waals surface area contributed by atoms with Gasteiger partial charge in [0.25, 0.3) is 0 Å². The van der Waals surface area contributed by atoms with E-state index in [0.717, 1.165) is 6.08 Å². The molecule has 7 nitrogen and oxygen atoms in total. The molecule has 0 saturated heterocycles. The second-order valence-electron chi connectivity index (χ2n) is 5.51. The number of carbonyl (C=O) groups is 1. The number of amides is 1. The Morgan fingerprint density at radius 2 is 2.00 bits per heavy atom. The van der Waals surface area contributed by atoms with Crippen molar-refractivity contribution in [3.05, 3.63) is 49.1 Å². The van der Waals surface area contributed by atoms with Crippen molar-refractivity contribution in [2.45, 2.75) is 12.9 Å². The number of alkyl halides is 3.